The Morgan fingerprint density at radius 3 is 2.78 bits per heavy atom. The van der Waals surface area contributed by atoms with Gasteiger partial charge < -0.3 is 15.0 Å². The molecule has 2 aliphatic heterocycles. The van der Waals surface area contributed by atoms with Crippen LogP contribution in [0.1, 0.15) is 18.4 Å². The van der Waals surface area contributed by atoms with Gasteiger partial charge in [-0.15, -0.1) is 11.8 Å². The van der Waals surface area contributed by atoms with Gasteiger partial charge in [0.1, 0.15) is 16.7 Å². The van der Waals surface area contributed by atoms with Crippen molar-refractivity contribution in [2.24, 2.45) is 0 Å². The number of amides is 2. The zero-order valence-corrected chi connectivity index (χ0v) is 16.3. The third-order valence-electron chi connectivity index (χ3n) is 5.07. The highest BCUT2D eigenvalue weighted by Gasteiger charge is 2.56. The highest BCUT2D eigenvalue weighted by atomic mass is 35.5. The number of hydrogen-bond donors (Lipinski definition) is 1. The minimum Gasteiger partial charge on any atom is -0.495 e. The van der Waals surface area contributed by atoms with Gasteiger partial charge in [0.25, 0.3) is 0 Å². The van der Waals surface area contributed by atoms with Crippen LogP contribution in [0.25, 0.3) is 0 Å². The lowest BCUT2D eigenvalue weighted by Gasteiger charge is -2.34. The number of halogens is 1. The molecule has 4 rings (SSSR count). The zero-order chi connectivity index (χ0) is 19.0. The average Bonchev–Trinajstić information content (AvgIpc) is 3.22. The Morgan fingerprint density at radius 1 is 1.30 bits per heavy atom. The first-order valence-electron chi connectivity index (χ1n) is 8.71. The Balaban J connectivity index is 1.58. The van der Waals surface area contributed by atoms with Crippen LogP contribution >= 0.6 is 23.4 Å². The maximum Gasteiger partial charge on any atom is 0.248 e. The minimum atomic E-state index is -0.508. The van der Waals surface area contributed by atoms with Gasteiger partial charge in [0.15, 0.2) is 0 Å². The molecule has 0 bridgehead atoms. The van der Waals surface area contributed by atoms with Crippen LogP contribution in [0, 0.1) is 0 Å². The van der Waals surface area contributed by atoms with Crippen LogP contribution in [0.4, 0.5) is 5.69 Å². The van der Waals surface area contributed by atoms with Crippen LogP contribution in [0.3, 0.4) is 0 Å². The first-order chi connectivity index (χ1) is 13.0. The molecule has 2 heterocycles. The van der Waals surface area contributed by atoms with Crippen molar-refractivity contribution in [2.45, 2.75) is 23.8 Å². The zero-order valence-electron chi connectivity index (χ0n) is 14.8. The molecule has 0 aliphatic carbocycles. The van der Waals surface area contributed by atoms with Crippen molar-refractivity contribution in [3.63, 3.8) is 0 Å². The molecule has 0 spiro atoms. The summed E-state index contributed by atoms with van der Waals surface area (Å²) >= 11 is 7.81. The summed E-state index contributed by atoms with van der Waals surface area (Å²) in [6.07, 6.45) is 1.18. The van der Waals surface area contributed by atoms with Crippen LogP contribution in [0.5, 0.6) is 5.75 Å². The molecule has 140 valence electrons. The smallest absolute Gasteiger partial charge is 0.248 e. The van der Waals surface area contributed by atoms with Crippen molar-refractivity contribution in [1.82, 2.24) is 4.90 Å². The molecule has 0 radical (unpaired) electrons. The summed E-state index contributed by atoms with van der Waals surface area (Å²) in [7, 11) is 1.54. The van der Waals surface area contributed by atoms with Gasteiger partial charge in [0.2, 0.25) is 11.8 Å². The van der Waals surface area contributed by atoms with E-state index in [1.807, 2.05) is 30.3 Å². The molecule has 5 nitrogen and oxygen atoms in total. The summed E-state index contributed by atoms with van der Waals surface area (Å²) in [5.41, 5.74) is 1.66. The number of nitrogens with one attached hydrogen (secondary N) is 1. The van der Waals surface area contributed by atoms with Gasteiger partial charge in [-0.3, -0.25) is 9.59 Å². The summed E-state index contributed by atoms with van der Waals surface area (Å²) in [4.78, 5) is 26.9. The minimum absolute atomic E-state index is 0.0248. The van der Waals surface area contributed by atoms with Gasteiger partial charge >= 0.3 is 0 Å². The number of carbonyl (C=O) groups is 2. The number of rotatable bonds is 4. The molecule has 2 aromatic carbocycles. The van der Waals surface area contributed by atoms with Gasteiger partial charge in [-0.1, -0.05) is 41.9 Å². The van der Waals surface area contributed by atoms with Crippen LogP contribution in [0.15, 0.2) is 48.5 Å². The molecule has 7 heteroatoms. The van der Waals surface area contributed by atoms with Crippen molar-refractivity contribution in [3.05, 3.63) is 59.1 Å². The van der Waals surface area contributed by atoms with E-state index in [2.05, 4.69) is 5.32 Å². The Morgan fingerprint density at radius 2 is 2.07 bits per heavy atom. The number of hydrogen-bond acceptors (Lipinski definition) is 4. The fourth-order valence-electron chi connectivity index (χ4n) is 3.81. The topological polar surface area (TPSA) is 58.6 Å². The van der Waals surface area contributed by atoms with Crippen LogP contribution in [0.2, 0.25) is 5.02 Å². The number of nitrogens with zero attached hydrogens (tertiary/aromatic N) is 1. The number of carbonyl (C=O) groups excluding carboxylic acids is 2. The summed E-state index contributed by atoms with van der Waals surface area (Å²) in [6.45, 7) is 0. The van der Waals surface area contributed by atoms with Crippen molar-refractivity contribution < 1.29 is 14.3 Å². The van der Waals surface area contributed by atoms with Crippen molar-refractivity contribution >= 4 is 40.9 Å². The molecular weight excluding hydrogens is 384 g/mol. The van der Waals surface area contributed by atoms with E-state index in [-0.39, 0.29) is 11.8 Å². The van der Waals surface area contributed by atoms with Crippen LogP contribution < -0.4 is 10.1 Å². The SMILES string of the molecule is COc1ccc(NC(=O)[C@H]2CS[C@]3(c4ccccc4)CCC(=O)N23)cc1Cl. The summed E-state index contributed by atoms with van der Waals surface area (Å²) < 4.78 is 5.14. The second-order valence-electron chi connectivity index (χ2n) is 6.58. The highest BCUT2D eigenvalue weighted by Crippen LogP contribution is 2.54. The van der Waals surface area contributed by atoms with E-state index < -0.39 is 10.9 Å². The molecule has 2 saturated heterocycles. The van der Waals surface area contributed by atoms with Gasteiger partial charge in [0.05, 0.1) is 12.1 Å². The Labute approximate surface area is 167 Å². The molecule has 2 atom stereocenters. The van der Waals surface area contributed by atoms with E-state index in [0.717, 1.165) is 12.0 Å². The van der Waals surface area contributed by atoms with Gasteiger partial charge in [-0.05, 0) is 30.2 Å². The normalized spacial score (nSPS) is 24.0. The van der Waals surface area contributed by atoms with Gasteiger partial charge in [0, 0.05) is 17.9 Å². The standard InChI is InChI=1S/C20H19ClN2O3S/c1-26-17-8-7-14(11-15(17)21)22-19(25)16-12-27-20(10-9-18(24)23(16)20)13-5-3-2-4-6-13/h2-8,11,16H,9-10,12H2,1H3,(H,22,25)/t16-,20+/m1/s1. The lowest BCUT2D eigenvalue weighted by Crippen LogP contribution is -2.48. The molecule has 0 saturated carbocycles. The molecule has 27 heavy (non-hydrogen) atoms. The molecule has 2 aliphatic rings. The highest BCUT2D eigenvalue weighted by molar-refractivity contribution is 8.00. The third kappa shape index (κ3) is 3.07. The predicted octanol–water partition coefficient (Wildman–Crippen LogP) is 3.88. The quantitative estimate of drug-likeness (QED) is 0.843. The lowest BCUT2D eigenvalue weighted by molar-refractivity contribution is -0.136. The van der Waals surface area contributed by atoms with E-state index in [4.69, 9.17) is 16.3 Å². The number of fused-ring (bicyclic) bond motifs is 1. The predicted molar refractivity (Wildman–Crippen MR) is 107 cm³/mol. The van der Waals surface area contributed by atoms with Crippen LogP contribution in [-0.2, 0) is 14.5 Å². The first kappa shape index (κ1) is 18.2. The van der Waals surface area contributed by atoms with Crippen molar-refractivity contribution in [1.29, 1.82) is 0 Å². The second-order valence-corrected chi connectivity index (χ2v) is 8.28. The maximum atomic E-state index is 12.9. The fraction of sp³-hybridized carbons (Fsp3) is 0.300. The maximum absolute atomic E-state index is 12.9. The summed E-state index contributed by atoms with van der Waals surface area (Å²) in [5, 5.41) is 3.31. The number of anilines is 1. The first-order valence-corrected chi connectivity index (χ1v) is 10.1. The molecule has 0 aromatic heterocycles. The lowest BCUT2D eigenvalue weighted by atomic mass is 10.0. The number of methoxy groups -OCH3 is 1. The van der Waals surface area contributed by atoms with Gasteiger partial charge in [-0.2, -0.15) is 0 Å². The summed E-state index contributed by atoms with van der Waals surface area (Å²) in [6, 6.07) is 14.5. The van der Waals surface area contributed by atoms with Crippen molar-refractivity contribution in [3.8, 4) is 5.75 Å². The monoisotopic (exact) mass is 402 g/mol. The largest absolute Gasteiger partial charge is 0.495 e. The number of ether oxygens (including phenoxy) is 1. The average molecular weight is 403 g/mol. The summed E-state index contributed by atoms with van der Waals surface area (Å²) in [5.74, 6) is 0.938. The molecule has 2 fully saturated rings. The van der Waals surface area contributed by atoms with Crippen LogP contribution in [-0.4, -0.2) is 35.6 Å². The van der Waals surface area contributed by atoms with E-state index in [1.54, 1.807) is 34.9 Å². The second kappa shape index (κ2) is 7.09. The number of thioether (sulfide) groups is 1. The van der Waals surface area contributed by atoms with Crippen molar-refractivity contribution in [2.75, 3.05) is 18.2 Å². The van der Waals surface area contributed by atoms with E-state index in [0.29, 0.717) is 28.6 Å². The number of benzene rings is 2. The van der Waals surface area contributed by atoms with E-state index in [9.17, 15) is 9.59 Å². The van der Waals surface area contributed by atoms with Gasteiger partial charge in [-0.25, -0.2) is 0 Å². The molecule has 1 N–H and O–H groups in total. The Bertz CT molecular complexity index is 892. The molecule has 2 amide bonds. The van der Waals surface area contributed by atoms with E-state index in [1.165, 1.54) is 7.11 Å². The Kier molecular flexibility index (Phi) is 4.78. The fourth-order valence-corrected chi connectivity index (χ4v) is 5.71. The Hall–Kier alpha value is -2.18. The molecule has 2 aromatic rings. The van der Waals surface area contributed by atoms with E-state index >= 15 is 0 Å². The molecule has 0 unspecified atom stereocenters. The third-order valence-corrected chi connectivity index (χ3v) is 6.97. The molecular formula is C20H19ClN2O3S.